The molecule has 1 saturated carbocycles. The molecule has 4 heteroatoms. The van der Waals surface area contributed by atoms with Crippen LogP contribution >= 0.6 is 0 Å². The maximum Gasteiger partial charge on any atom is 0.338 e. The molecule has 1 amide bonds. The molecule has 0 spiro atoms. The minimum atomic E-state index is -0.444. The van der Waals surface area contributed by atoms with Crippen molar-refractivity contribution in [3.63, 3.8) is 0 Å². The third-order valence-electron chi connectivity index (χ3n) is 3.88. The van der Waals surface area contributed by atoms with Gasteiger partial charge in [0.25, 0.3) is 5.91 Å². The topological polar surface area (TPSA) is 55.4 Å². The van der Waals surface area contributed by atoms with Crippen molar-refractivity contribution in [2.24, 2.45) is 5.92 Å². The summed E-state index contributed by atoms with van der Waals surface area (Å²) in [5.41, 5.74) is 2.45. The largest absolute Gasteiger partial charge is 0.452 e. The number of carbonyl (C=O) groups excluding carboxylic acids is 2. The van der Waals surface area contributed by atoms with Crippen LogP contribution in [0.25, 0.3) is 0 Å². The van der Waals surface area contributed by atoms with E-state index in [2.05, 4.69) is 5.32 Å². The number of ether oxygens (including phenoxy) is 1. The van der Waals surface area contributed by atoms with Gasteiger partial charge in [0.05, 0.1) is 5.56 Å². The molecule has 108 valence electrons. The Bertz CT molecular complexity index is 520. The first kappa shape index (κ1) is 14.6. The maximum atomic E-state index is 12.0. The van der Waals surface area contributed by atoms with Crippen LogP contribution in [0.1, 0.15) is 41.3 Å². The number of amides is 1. The Morgan fingerprint density at radius 2 is 2.05 bits per heavy atom. The highest BCUT2D eigenvalue weighted by atomic mass is 16.5. The molecule has 0 aromatic heterocycles. The summed E-state index contributed by atoms with van der Waals surface area (Å²) in [6.07, 6.45) is 2.34. The van der Waals surface area contributed by atoms with Gasteiger partial charge in [-0.25, -0.2) is 4.79 Å². The average molecular weight is 275 g/mol. The summed E-state index contributed by atoms with van der Waals surface area (Å²) >= 11 is 0. The maximum absolute atomic E-state index is 12.0. The van der Waals surface area contributed by atoms with Crippen molar-refractivity contribution in [2.75, 3.05) is 6.61 Å². The Hall–Kier alpha value is -1.84. The summed E-state index contributed by atoms with van der Waals surface area (Å²) in [5, 5.41) is 2.86. The molecule has 0 radical (unpaired) electrons. The van der Waals surface area contributed by atoms with Gasteiger partial charge in [0.15, 0.2) is 6.61 Å². The predicted molar refractivity (Wildman–Crippen MR) is 76.5 cm³/mol. The molecule has 1 atom stereocenters. The Balaban J connectivity index is 1.85. The van der Waals surface area contributed by atoms with Gasteiger partial charge in [-0.15, -0.1) is 0 Å². The average Bonchev–Trinajstić information content (AvgIpc) is 3.23. The molecule has 1 N–H and O–H groups in total. The molecule has 20 heavy (non-hydrogen) atoms. The van der Waals surface area contributed by atoms with Crippen LogP contribution in [0.4, 0.5) is 0 Å². The van der Waals surface area contributed by atoms with E-state index < -0.39 is 5.97 Å². The molecule has 0 bridgehead atoms. The van der Waals surface area contributed by atoms with E-state index in [9.17, 15) is 9.59 Å². The number of hydrogen-bond acceptors (Lipinski definition) is 3. The summed E-state index contributed by atoms with van der Waals surface area (Å²) in [5.74, 6) is -0.0860. The highest BCUT2D eigenvalue weighted by molar-refractivity contribution is 5.93. The van der Waals surface area contributed by atoms with E-state index in [1.807, 2.05) is 32.9 Å². The predicted octanol–water partition coefficient (Wildman–Crippen LogP) is 2.37. The van der Waals surface area contributed by atoms with Crippen LogP contribution in [0.15, 0.2) is 18.2 Å². The van der Waals surface area contributed by atoms with E-state index in [1.165, 1.54) is 12.8 Å². The molecular weight excluding hydrogens is 254 g/mol. The second-order valence-electron chi connectivity index (χ2n) is 5.52. The van der Waals surface area contributed by atoms with E-state index >= 15 is 0 Å². The number of benzene rings is 1. The van der Waals surface area contributed by atoms with Gasteiger partial charge in [-0.05, 0) is 56.7 Å². The molecule has 1 aliphatic rings. The van der Waals surface area contributed by atoms with E-state index in [1.54, 1.807) is 6.07 Å². The smallest absolute Gasteiger partial charge is 0.338 e. The normalized spacial score (nSPS) is 15.6. The molecular formula is C16H21NO3. The molecule has 1 aromatic carbocycles. The van der Waals surface area contributed by atoms with Crippen LogP contribution in [0, 0.1) is 19.8 Å². The van der Waals surface area contributed by atoms with E-state index in [0.29, 0.717) is 11.5 Å². The van der Waals surface area contributed by atoms with Gasteiger partial charge in [-0.3, -0.25) is 4.79 Å². The van der Waals surface area contributed by atoms with Crippen LogP contribution < -0.4 is 5.32 Å². The fraction of sp³-hybridized carbons (Fsp3) is 0.500. The van der Waals surface area contributed by atoms with E-state index in [0.717, 1.165) is 11.1 Å². The number of aryl methyl sites for hydroxylation is 1. The number of hydrogen-bond donors (Lipinski definition) is 1. The van der Waals surface area contributed by atoms with Crippen molar-refractivity contribution >= 4 is 11.9 Å². The summed E-state index contributed by atoms with van der Waals surface area (Å²) in [6.45, 7) is 5.59. The zero-order chi connectivity index (χ0) is 14.7. The molecule has 4 nitrogen and oxygen atoms in total. The van der Waals surface area contributed by atoms with Crippen LogP contribution in [-0.2, 0) is 9.53 Å². The third kappa shape index (κ3) is 3.59. The first-order valence-electron chi connectivity index (χ1n) is 7.01. The molecule has 1 fully saturated rings. The highest BCUT2D eigenvalue weighted by Gasteiger charge is 2.29. The van der Waals surface area contributed by atoms with Gasteiger partial charge < -0.3 is 10.1 Å². The van der Waals surface area contributed by atoms with Gasteiger partial charge >= 0.3 is 5.97 Å². The second-order valence-corrected chi connectivity index (χ2v) is 5.52. The quantitative estimate of drug-likeness (QED) is 0.839. The lowest BCUT2D eigenvalue weighted by molar-refractivity contribution is -0.124. The second kappa shape index (κ2) is 6.07. The van der Waals surface area contributed by atoms with Gasteiger partial charge in [-0.2, -0.15) is 0 Å². The summed E-state index contributed by atoms with van der Waals surface area (Å²) < 4.78 is 5.08. The molecule has 0 heterocycles. The van der Waals surface area contributed by atoms with Crippen molar-refractivity contribution in [3.8, 4) is 0 Å². The van der Waals surface area contributed by atoms with Crippen molar-refractivity contribution in [3.05, 3.63) is 34.9 Å². The van der Waals surface area contributed by atoms with Crippen molar-refractivity contribution in [1.29, 1.82) is 0 Å². The van der Waals surface area contributed by atoms with E-state index in [-0.39, 0.29) is 18.6 Å². The van der Waals surface area contributed by atoms with Gasteiger partial charge in [0, 0.05) is 6.04 Å². The van der Waals surface area contributed by atoms with Crippen molar-refractivity contribution in [1.82, 2.24) is 5.32 Å². The van der Waals surface area contributed by atoms with Gasteiger partial charge in [0.2, 0.25) is 0 Å². The molecule has 0 aliphatic heterocycles. The minimum Gasteiger partial charge on any atom is -0.452 e. The highest BCUT2D eigenvalue weighted by Crippen LogP contribution is 2.32. The Kier molecular flexibility index (Phi) is 4.42. The van der Waals surface area contributed by atoms with Crippen LogP contribution in [0.3, 0.4) is 0 Å². The number of carbonyl (C=O) groups is 2. The number of esters is 1. The molecule has 0 unspecified atom stereocenters. The number of rotatable bonds is 5. The summed E-state index contributed by atoms with van der Waals surface area (Å²) in [4.78, 5) is 23.6. The first-order valence-corrected chi connectivity index (χ1v) is 7.01. The molecule has 1 aliphatic carbocycles. The summed E-state index contributed by atoms with van der Waals surface area (Å²) in [6, 6.07) is 5.64. The Morgan fingerprint density at radius 1 is 1.35 bits per heavy atom. The van der Waals surface area contributed by atoms with E-state index in [4.69, 9.17) is 4.74 Å². The lowest BCUT2D eigenvalue weighted by Gasteiger charge is -2.13. The fourth-order valence-corrected chi connectivity index (χ4v) is 2.19. The van der Waals surface area contributed by atoms with Crippen LogP contribution in [0.2, 0.25) is 0 Å². The lowest BCUT2D eigenvalue weighted by Crippen LogP contribution is -2.37. The first-order chi connectivity index (χ1) is 9.49. The fourth-order valence-electron chi connectivity index (χ4n) is 2.19. The van der Waals surface area contributed by atoms with Crippen LogP contribution in [-0.4, -0.2) is 24.5 Å². The lowest BCUT2D eigenvalue weighted by atomic mass is 10.0. The molecule has 2 rings (SSSR count). The van der Waals surface area contributed by atoms with Crippen molar-refractivity contribution in [2.45, 2.75) is 39.7 Å². The van der Waals surface area contributed by atoms with Gasteiger partial charge in [-0.1, -0.05) is 12.1 Å². The number of nitrogens with one attached hydrogen (secondary N) is 1. The Morgan fingerprint density at radius 3 is 2.70 bits per heavy atom. The molecule has 0 saturated heterocycles. The van der Waals surface area contributed by atoms with Crippen LogP contribution in [0.5, 0.6) is 0 Å². The Labute approximate surface area is 119 Å². The summed E-state index contributed by atoms with van der Waals surface area (Å²) in [7, 11) is 0. The zero-order valence-electron chi connectivity index (χ0n) is 12.2. The monoisotopic (exact) mass is 275 g/mol. The zero-order valence-corrected chi connectivity index (χ0v) is 12.2. The SMILES string of the molecule is Cc1cccc(C(=O)OCC(=O)N[C@@H](C)C2CC2)c1C. The molecule has 1 aromatic rings. The van der Waals surface area contributed by atoms with Crippen molar-refractivity contribution < 1.29 is 14.3 Å². The van der Waals surface area contributed by atoms with Gasteiger partial charge in [0.1, 0.15) is 0 Å². The minimum absolute atomic E-state index is 0.168. The standard InChI is InChI=1S/C16H21NO3/c1-10-5-4-6-14(11(10)2)16(19)20-9-15(18)17-12(3)13-7-8-13/h4-6,12-13H,7-9H2,1-3H3,(H,17,18)/t12-/m0/s1. The third-order valence-corrected chi connectivity index (χ3v) is 3.88.